The number of nitrogens with two attached hydrogens (primary N) is 1. The molecule has 1 aromatic carbocycles. The summed E-state index contributed by atoms with van der Waals surface area (Å²) in [6, 6.07) is 7.71. The number of amidine groups is 1. The summed E-state index contributed by atoms with van der Waals surface area (Å²) in [4.78, 5) is 5.19. The smallest absolute Gasteiger partial charge is 0.179 e. The Morgan fingerprint density at radius 3 is 2.86 bits per heavy atom. The molecule has 0 bridgehead atoms. The minimum atomic E-state index is 0.0250. The fraction of sp³-hybridized carbons (Fsp3) is 0.0769. The summed E-state index contributed by atoms with van der Waals surface area (Å²) in [5.41, 5.74) is 7.18. The molecule has 3 rings (SSSR count). The second-order valence-corrected chi connectivity index (χ2v) is 6.63. The molecule has 2 aromatic heterocycles. The molecule has 0 aliphatic rings. The van der Waals surface area contributed by atoms with Gasteiger partial charge in [0.2, 0.25) is 0 Å². The molecule has 0 aliphatic carbocycles. The molecule has 0 radical (unpaired) electrons. The lowest BCUT2D eigenvalue weighted by atomic mass is 10.1. The van der Waals surface area contributed by atoms with E-state index in [0.717, 1.165) is 25.1 Å². The van der Waals surface area contributed by atoms with E-state index in [9.17, 15) is 0 Å². The summed E-state index contributed by atoms with van der Waals surface area (Å²) in [5, 5.41) is 22.0. The van der Waals surface area contributed by atoms with Crippen molar-refractivity contribution in [3.05, 3.63) is 41.0 Å². The summed E-state index contributed by atoms with van der Waals surface area (Å²) >= 11 is 2.94. The van der Waals surface area contributed by atoms with E-state index in [-0.39, 0.29) is 5.84 Å². The van der Waals surface area contributed by atoms with Crippen molar-refractivity contribution in [3.8, 4) is 0 Å². The van der Waals surface area contributed by atoms with Crippen LogP contribution >= 0.6 is 23.1 Å². The average Bonchev–Trinajstić information content (AvgIpc) is 2.92. The van der Waals surface area contributed by atoms with Crippen LogP contribution in [0.4, 0.5) is 0 Å². The predicted octanol–water partition coefficient (Wildman–Crippen LogP) is 2.64. The van der Waals surface area contributed by atoms with Gasteiger partial charge in [-0.15, -0.1) is 10.2 Å². The fourth-order valence-corrected chi connectivity index (χ4v) is 3.87. The lowest BCUT2D eigenvalue weighted by Crippen LogP contribution is -2.14. The van der Waals surface area contributed by atoms with Crippen LogP contribution in [0.15, 0.2) is 44.9 Å². The van der Waals surface area contributed by atoms with Crippen molar-refractivity contribution in [2.75, 3.05) is 0 Å². The molecule has 0 amide bonds. The first kappa shape index (κ1) is 13.8. The first-order valence-corrected chi connectivity index (χ1v) is 7.66. The van der Waals surface area contributed by atoms with Crippen LogP contribution in [0, 0.1) is 6.92 Å². The van der Waals surface area contributed by atoms with Gasteiger partial charge >= 0.3 is 0 Å². The number of rotatable bonds is 3. The maximum absolute atomic E-state index is 8.96. The molecule has 0 spiro atoms. The SMILES string of the molecule is Cc1nnc(Sc2c(/C(N)=N/O)cnc3ccccc23)s1. The highest BCUT2D eigenvalue weighted by Crippen LogP contribution is 2.36. The van der Waals surface area contributed by atoms with Gasteiger partial charge in [-0.3, -0.25) is 4.98 Å². The summed E-state index contributed by atoms with van der Waals surface area (Å²) in [6.07, 6.45) is 1.60. The van der Waals surface area contributed by atoms with Gasteiger partial charge in [0.25, 0.3) is 0 Å². The van der Waals surface area contributed by atoms with Gasteiger partial charge in [-0.25, -0.2) is 0 Å². The molecule has 3 aromatic rings. The van der Waals surface area contributed by atoms with E-state index in [1.807, 2.05) is 31.2 Å². The van der Waals surface area contributed by atoms with Crippen molar-refractivity contribution >= 4 is 39.8 Å². The summed E-state index contributed by atoms with van der Waals surface area (Å²) in [6.45, 7) is 1.90. The minimum Gasteiger partial charge on any atom is -0.409 e. The third kappa shape index (κ3) is 2.67. The zero-order chi connectivity index (χ0) is 14.8. The van der Waals surface area contributed by atoms with Crippen molar-refractivity contribution in [2.24, 2.45) is 10.9 Å². The molecule has 106 valence electrons. The van der Waals surface area contributed by atoms with Crippen molar-refractivity contribution in [3.63, 3.8) is 0 Å². The molecule has 0 fully saturated rings. The van der Waals surface area contributed by atoms with Crippen LogP contribution < -0.4 is 5.73 Å². The Labute approximate surface area is 128 Å². The summed E-state index contributed by atoms with van der Waals surface area (Å²) in [7, 11) is 0. The maximum atomic E-state index is 8.96. The van der Waals surface area contributed by atoms with Crippen LogP contribution in [-0.4, -0.2) is 26.2 Å². The lowest BCUT2D eigenvalue weighted by Gasteiger charge is -2.09. The number of hydrogen-bond acceptors (Lipinski definition) is 7. The predicted molar refractivity (Wildman–Crippen MR) is 83.0 cm³/mol. The minimum absolute atomic E-state index is 0.0250. The third-order valence-electron chi connectivity index (χ3n) is 2.81. The van der Waals surface area contributed by atoms with Crippen LogP contribution in [0.3, 0.4) is 0 Å². The molecule has 3 N–H and O–H groups in total. The Morgan fingerprint density at radius 1 is 1.33 bits per heavy atom. The van der Waals surface area contributed by atoms with E-state index < -0.39 is 0 Å². The Kier molecular flexibility index (Phi) is 3.72. The molecule has 0 atom stereocenters. The van der Waals surface area contributed by atoms with Gasteiger partial charge in [-0.05, 0) is 13.0 Å². The number of aromatic nitrogens is 3. The Balaban J connectivity index is 2.20. The largest absolute Gasteiger partial charge is 0.409 e. The molecular weight excluding hydrogens is 306 g/mol. The number of benzene rings is 1. The summed E-state index contributed by atoms with van der Waals surface area (Å²) < 4.78 is 0.802. The van der Waals surface area contributed by atoms with E-state index in [1.54, 1.807) is 6.20 Å². The second-order valence-electron chi connectivity index (χ2n) is 4.19. The molecule has 0 unspecified atom stereocenters. The van der Waals surface area contributed by atoms with Gasteiger partial charge in [-0.1, -0.05) is 46.5 Å². The number of pyridine rings is 1. The number of oxime groups is 1. The third-order valence-corrected chi connectivity index (χ3v) is 4.84. The molecule has 0 saturated heterocycles. The van der Waals surface area contributed by atoms with E-state index in [0.29, 0.717) is 5.56 Å². The van der Waals surface area contributed by atoms with Crippen molar-refractivity contribution < 1.29 is 5.21 Å². The van der Waals surface area contributed by atoms with Crippen LogP contribution in [0.2, 0.25) is 0 Å². The lowest BCUT2D eigenvalue weighted by molar-refractivity contribution is 0.318. The molecular formula is C13H11N5OS2. The maximum Gasteiger partial charge on any atom is 0.179 e. The molecule has 8 heteroatoms. The molecule has 2 heterocycles. The topological polar surface area (TPSA) is 97.3 Å². The van der Waals surface area contributed by atoms with Gasteiger partial charge in [0, 0.05) is 16.5 Å². The average molecular weight is 317 g/mol. The highest BCUT2D eigenvalue weighted by molar-refractivity contribution is 8.01. The normalized spacial score (nSPS) is 12.0. The highest BCUT2D eigenvalue weighted by Gasteiger charge is 2.15. The Bertz CT molecular complexity index is 830. The van der Waals surface area contributed by atoms with Crippen molar-refractivity contribution in [2.45, 2.75) is 16.2 Å². The summed E-state index contributed by atoms with van der Waals surface area (Å²) in [5.74, 6) is 0.0250. The Hall–Kier alpha value is -2.19. The van der Waals surface area contributed by atoms with Crippen LogP contribution in [-0.2, 0) is 0 Å². The molecule has 21 heavy (non-hydrogen) atoms. The molecule has 0 saturated carbocycles. The zero-order valence-corrected chi connectivity index (χ0v) is 12.6. The van der Waals surface area contributed by atoms with Crippen LogP contribution in [0.1, 0.15) is 10.6 Å². The van der Waals surface area contributed by atoms with E-state index >= 15 is 0 Å². The van der Waals surface area contributed by atoms with E-state index in [2.05, 4.69) is 20.3 Å². The fourth-order valence-electron chi connectivity index (χ4n) is 1.87. The first-order chi connectivity index (χ1) is 10.2. The van der Waals surface area contributed by atoms with E-state index in [1.165, 1.54) is 23.1 Å². The van der Waals surface area contributed by atoms with Crippen LogP contribution in [0.5, 0.6) is 0 Å². The number of hydrogen-bond donors (Lipinski definition) is 2. The second kappa shape index (κ2) is 5.66. The van der Waals surface area contributed by atoms with E-state index in [4.69, 9.17) is 10.9 Å². The van der Waals surface area contributed by atoms with Gasteiger partial charge in [0.05, 0.1) is 11.1 Å². The molecule has 6 nitrogen and oxygen atoms in total. The highest BCUT2D eigenvalue weighted by atomic mass is 32.2. The number of fused-ring (bicyclic) bond motifs is 1. The van der Waals surface area contributed by atoms with Crippen LogP contribution in [0.25, 0.3) is 10.9 Å². The monoisotopic (exact) mass is 317 g/mol. The quantitative estimate of drug-likeness (QED) is 0.333. The standard InChI is InChI=1S/C13H11N5OS2/c1-7-16-17-13(20-7)21-11-8-4-2-3-5-10(8)15-6-9(11)12(14)18-19/h2-6,19H,1H3,(H2,14,18). The number of nitrogens with zero attached hydrogens (tertiary/aromatic N) is 4. The number of aryl methyl sites for hydroxylation is 1. The Morgan fingerprint density at radius 2 is 2.14 bits per heavy atom. The van der Waals surface area contributed by atoms with Gasteiger partial charge in [-0.2, -0.15) is 0 Å². The van der Waals surface area contributed by atoms with Gasteiger partial charge < -0.3 is 10.9 Å². The first-order valence-electron chi connectivity index (χ1n) is 6.02. The molecule has 0 aliphatic heterocycles. The van der Waals surface area contributed by atoms with Crippen molar-refractivity contribution in [1.29, 1.82) is 0 Å². The zero-order valence-electron chi connectivity index (χ0n) is 11.0. The van der Waals surface area contributed by atoms with Crippen molar-refractivity contribution in [1.82, 2.24) is 15.2 Å². The van der Waals surface area contributed by atoms with Gasteiger partial charge in [0.15, 0.2) is 10.2 Å². The van der Waals surface area contributed by atoms with Gasteiger partial charge in [0.1, 0.15) is 5.01 Å². The number of para-hydroxylation sites is 1.